The van der Waals surface area contributed by atoms with Crippen LogP contribution in [0.15, 0.2) is 46.9 Å². The average molecular weight is 358 g/mol. The van der Waals surface area contributed by atoms with Gasteiger partial charge in [0.15, 0.2) is 0 Å². The summed E-state index contributed by atoms with van der Waals surface area (Å²) in [4.78, 5) is 22.8. The van der Waals surface area contributed by atoms with Crippen molar-refractivity contribution in [1.82, 2.24) is 0 Å². The number of rotatable bonds is 3. The van der Waals surface area contributed by atoms with Gasteiger partial charge in [-0.2, -0.15) is 0 Å². The first-order chi connectivity index (χ1) is 11.9. The van der Waals surface area contributed by atoms with Gasteiger partial charge in [0.2, 0.25) is 5.55 Å². The van der Waals surface area contributed by atoms with E-state index < -0.39 is 10.8 Å². The molecular weight excluding hydrogens is 346 g/mol. The van der Waals surface area contributed by atoms with Crippen LogP contribution in [-0.2, 0) is 0 Å². The van der Waals surface area contributed by atoms with E-state index in [0.29, 0.717) is 21.7 Å². The molecule has 0 bridgehead atoms. The smallest absolute Gasteiger partial charge is 0.270 e. The number of non-ortho nitro benzene ring substituents is 1. The summed E-state index contributed by atoms with van der Waals surface area (Å²) in [5.74, 6) is -0.562. The summed E-state index contributed by atoms with van der Waals surface area (Å²) >= 11 is 6.03. The molecule has 3 rings (SSSR count). The summed E-state index contributed by atoms with van der Waals surface area (Å²) in [7, 11) is 0. The van der Waals surface area contributed by atoms with Crippen molar-refractivity contribution in [3.8, 4) is 0 Å². The van der Waals surface area contributed by atoms with Gasteiger partial charge in [-0.1, -0.05) is 17.7 Å². The molecule has 126 valence electrons. The fourth-order valence-electron chi connectivity index (χ4n) is 2.34. The Balaban J connectivity index is 2.03. The van der Waals surface area contributed by atoms with E-state index in [0.717, 1.165) is 0 Å². The number of carbonyl (C=O) groups excluding carboxylic acids is 1. The second kappa shape index (κ2) is 6.37. The molecular formula is C17H12ClN3O4. The molecule has 2 aromatic carbocycles. The number of hydrogen-bond acceptors (Lipinski definition) is 5. The lowest BCUT2D eigenvalue weighted by Gasteiger charge is -2.09. The van der Waals surface area contributed by atoms with Crippen LogP contribution in [0, 0.1) is 22.4 Å². The number of carbonyl (C=O) groups is 1. The first-order valence-electron chi connectivity index (χ1n) is 7.20. The average Bonchev–Trinajstić information content (AvgIpc) is 2.57. The Bertz CT molecular complexity index is 1080. The number of nitrogens with zero attached hydrogens (tertiary/aromatic N) is 1. The highest BCUT2D eigenvalue weighted by molar-refractivity contribution is 6.31. The first-order valence-corrected chi connectivity index (χ1v) is 7.58. The Kier molecular flexibility index (Phi) is 4.24. The lowest BCUT2D eigenvalue weighted by atomic mass is 10.1. The lowest BCUT2D eigenvalue weighted by Crippen LogP contribution is -2.21. The molecule has 3 aromatic rings. The normalized spacial score (nSPS) is 10.6. The van der Waals surface area contributed by atoms with Gasteiger partial charge < -0.3 is 9.73 Å². The van der Waals surface area contributed by atoms with Crippen molar-refractivity contribution in [2.45, 2.75) is 6.92 Å². The summed E-state index contributed by atoms with van der Waals surface area (Å²) in [6.07, 6.45) is 0. The molecule has 1 aromatic heterocycles. The van der Waals surface area contributed by atoms with Gasteiger partial charge in [0.25, 0.3) is 11.6 Å². The predicted octanol–water partition coefficient (Wildman–Crippen LogP) is 4.03. The third-order valence-corrected chi connectivity index (χ3v) is 4.13. The molecule has 8 heteroatoms. The molecule has 0 saturated heterocycles. The van der Waals surface area contributed by atoms with Crippen molar-refractivity contribution in [3.05, 3.63) is 74.3 Å². The fourth-order valence-corrected chi connectivity index (χ4v) is 2.52. The van der Waals surface area contributed by atoms with E-state index in [-0.39, 0.29) is 22.4 Å². The molecule has 25 heavy (non-hydrogen) atoms. The maximum atomic E-state index is 12.5. The van der Waals surface area contributed by atoms with Crippen molar-refractivity contribution in [3.63, 3.8) is 0 Å². The van der Waals surface area contributed by atoms with E-state index >= 15 is 0 Å². The number of nitro benzene ring substituents is 1. The molecule has 0 aliphatic heterocycles. The molecule has 2 N–H and O–H groups in total. The zero-order chi connectivity index (χ0) is 18.1. The summed E-state index contributed by atoms with van der Waals surface area (Å²) in [6.45, 7) is 1.76. The zero-order valence-corrected chi connectivity index (χ0v) is 13.8. The number of benzene rings is 2. The van der Waals surface area contributed by atoms with Gasteiger partial charge in [-0.25, -0.2) is 0 Å². The molecule has 0 radical (unpaired) electrons. The van der Waals surface area contributed by atoms with Gasteiger partial charge in [0.1, 0.15) is 11.1 Å². The van der Waals surface area contributed by atoms with Crippen molar-refractivity contribution in [2.75, 3.05) is 5.32 Å². The number of hydrogen-bond donors (Lipinski definition) is 2. The van der Waals surface area contributed by atoms with Crippen molar-refractivity contribution in [1.29, 1.82) is 5.41 Å². The Morgan fingerprint density at radius 2 is 2.04 bits per heavy atom. The highest BCUT2D eigenvalue weighted by atomic mass is 35.5. The first kappa shape index (κ1) is 16.7. The molecule has 0 atom stereocenters. The van der Waals surface area contributed by atoms with Crippen LogP contribution >= 0.6 is 11.6 Å². The van der Waals surface area contributed by atoms with Crippen LogP contribution in [0.4, 0.5) is 11.4 Å². The predicted molar refractivity (Wildman–Crippen MR) is 92.9 cm³/mol. The van der Waals surface area contributed by atoms with Gasteiger partial charge in [0, 0.05) is 28.2 Å². The van der Waals surface area contributed by atoms with E-state index in [9.17, 15) is 14.9 Å². The lowest BCUT2D eigenvalue weighted by molar-refractivity contribution is -0.384. The summed E-state index contributed by atoms with van der Waals surface area (Å²) in [5.41, 5.74) is 0.989. The topological polar surface area (TPSA) is 109 Å². The van der Waals surface area contributed by atoms with E-state index in [4.69, 9.17) is 21.4 Å². The number of amides is 1. The number of fused-ring (bicyclic) bond motifs is 1. The maximum Gasteiger partial charge on any atom is 0.270 e. The monoisotopic (exact) mass is 357 g/mol. The summed E-state index contributed by atoms with van der Waals surface area (Å²) in [6, 6.07) is 10.4. The van der Waals surface area contributed by atoms with E-state index in [1.807, 2.05) is 0 Å². The molecule has 0 saturated carbocycles. The number of nitro groups is 1. The van der Waals surface area contributed by atoms with E-state index in [1.165, 1.54) is 24.3 Å². The molecule has 0 spiro atoms. The highest BCUT2D eigenvalue weighted by Gasteiger charge is 2.15. The molecule has 0 fully saturated rings. The minimum Gasteiger partial charge on any atom is -0.438 e. The van der Waals surface area contributed by atoms with Gasteiger partial charge in [-0.05, 0) is 36.8 Å². The summed E-state index contributed by atoms with van der Waals surface area (Å²) in [5, 5.41) is 22.3. The Morgan fingerprint density at radius 1 is 1.28 bits per heavy atom. The van der Waals surface area contributed by atoms with E-state index in [2.05, 4.69) is 5.32 Å². The van der Waals surface area contributed by atoms with Crippen LogP contribution in [0.3, 0.4) is 0 Å². The SMILES string of the molecule is Cc1c(Cl)cccc1NC(=O)c1cc2cc([N+](=O)[O-])ccc2oc1=N. The summed E-state index contributed by atoms with van der Waals surface area (Å²) < 4.78 is 5.30. The molecule has 0 unspecified atom stereocenters. The minimum absolute atomic E-state index is 0.0348. The quantitative estimate of drug-likeness (QED) is 0.544. The minimum atomic E-state index is -0.562. The van der Waals surface area contributed by atoms with Crippen LogP contribution in [0.5, 0.6) is 0 Å². The Morgan fingerprint density at radius 3 is 2.76 bits per heavy atom. The van der Waals surface area contributed by atoms with Crippen LogP contribution in [0.25, 0.3) is 11.0 Å². The molecule has 0 aliphatic carbocycles. The van der Waals surface area contributed by atoms with E-state index in [1.54, 1.807) is 25.1 Å². The second-order valence-corrected chi connectivity index (χ2v) is 5.74. The third kappa shape index (κ3) is 3.22. The second-order valence-electron chi connectivity index (χ2n) is 5.33. The van der Waals surface area contributed by atoms with Gasteiger partial charge in [0.05, 0.1) is 4.92 Å². The molecule has 1 amide bonds. The Hall–Kier alpha value is -3.19. The third-order valence-electron chi connectivity index (χ3n) is 3.72. The van der Waals surface area contributed by atoms with Gasteiger partial charge in [-0.15, -0.1) is 0 Å². The number of halogens is 1. The Labute approximate surface area is 146 Å². The van der Waals surface area contributed by atoms with Crippen LogP contribution in [0.2, 0.25) is 5.02 Å². The number of nitrogens with one attached hydrogen (secondary N) is 2. The van der Waals surface area contributed by atoms with Crippen LogP contribution in [0.1, 0.15) is 15.9 Å². The van der Waals surface area contributed by atoms with Crippen LogP contribution in [-0.4, -0.2) is 10.8 Å². The van der Waals surface area contributed by atoms with Crippen molar-refractivity contribution < 1.29 is 14.1 Å². The standard InChI is InChI=1S/C17H12ClN3O4/c1-9-13(18)3-2-4-14(9)20-17(22)12-8-10-7-11(21(23)24)5-6-15(10)25-16(12)19/h2-8,19H,1H3,(H,20,22). The highest BCUT2D eigenvalue weighted by Crippen LogP contribution is 2.24. The zero-order valence-electron chi connectivity index (χ0n) is 13.0. The van der Waals surface area contributed by atoms with Crippen molar-refractivity contribution >= 4 is 39.9 Å². The van der Waals surface area contributed by atoms with Crippen molar-refractivity contribution in [2.24, 2.45) is 0 Å². The fraction of sp³-hybridized carbons (Fsp3) is 0.0588. The largest absolute Gasteiger partial charge is 0.438 e. The molecule has 0 aliphatic rings. The van der Waals surface area contributed by atoms with Gasteiger partial charge in [-0.3, -0.25) is 20.3 Å². The molecule has 1 heterocycles. The molecule has 7 nitrogen and oxygen atoms in total. The maximum absolute atomic E-state index is 12.5. The van der Waals surface area contributed by atoms with Crippen LogP contribution < -0.4 is 10.9 Å². The number of anilines is 1. The van der Waals surface area contributed by atoms with Gasteiger partial charge >= 0.3 is 0 Å².